The number of aromatic amines is 1. The summed E-state index contributed by atoms with van der Waals surface area (Å²) in [5.74, 6) is -1.03. The molecule has 32 heavy (non-hydrogen) atoms. The first-order valence-electron chi connectivity index (χ1n) is 10.5. The molecule has 2 aromatic carbocycles. The third-order valence-electron chi connectivity index (χ3n) is 5.73. The number of carbonyl (C=O) groups excluding carboxylic acids is 3. The van der Waals surface area contributed by atoms with Crippen molar-refractivity contribution in [2.24, 2.45) is 0 Å². The molecule has 0 bridgehead atoms. The highest BCUT2D eigenvalue weighted by atomic mass is 16.5. The molecule has 2 heterocycles. The summed E-state index contributed by atoms with van der Waals surface area (Å²) in [5, 5.41) is 6.61. The fraction of sp³-hybridized carbons (Fsp3) is 0.292. The molecule has 166 valence electrons. The fourth-order valence-electron chi connectivity index (χ4n) is 4.07. The van der Waals surface area contributed by atoms with Crippen LogP contribution in [0.3, 0.4) is 0 Å². The third-order valence-corrected chi connectivity index (χ3v) is 5.73. The molecule has 1 fully saturated rings. The second-order valence-electron chi connectivity index (χ2n) is 7.86. The number of piperazine rings is 1. The Morgan fingerprint density at radius 1 is 1.16 bits per heavy atom. The number of fused-ring (bicyclic) bond motifs is 1. The Labute approximate surface area is 185 Å². The van der Waals surface area contributed by atoms with E-state index in [0.717, 1.165) is 22.0 Å². The van der Waals surface area contributed by atoms with Gasteiger partial charge in [0.05, 0.1) is 13.7 Å². The van der Waals surface area contributed by atoms with Crippen molar-refractivity contribution in [3.63, 3.8) is 0 Å². The number of carbonyl (C=O) groups is 3. The van der Waals surface area contributed by atoms with Crippen molar-refractivity contribution in [2.75, 3.05) is 20.2 Å². The van der Waals surface area contributed by atoms with Gasteiger partial charge in [-0.05, 0) is 17.2 Å². The van der Waals surface area contributed by atoms with Crippen LogP contribution in [0.5, 0.6) is 0 Å². The van der Waals surface area contributed by atoms with Crippen molar-refractivity contribution < 1.29 is 19.1 Å². The molecule has 0 radical (unpaired) electrons. The number of H-pyrrole nitrogens is 1. The van der Waals surface area contributed by atoms with Gasteiger partial charge in [0, 0.05) is 36.6 Å². The van der Waals surface area contributed by atoms with E-state index in [1.54, 1.807) is 4.90 Å². The molecular weight excluding hydrogens is 408 g/mol. The standard InChI is InChI=1S/C24H26N4O4/c1-32-24(31)21(11-17-13-25-19-10-6-5-9-18(17)19)28-14-20(27-22(29)15-28)23(30)26-12-16-7-3-2-4-8-16/h2-10,13,20-21,25H,11-12,14-15H2,1H3,(H,26,30)(H,27,29)/t20-,21-/m0/s1. The van der Waals surface area contributed by atoms with Crippen molar-refractivity contribution >= 4 is 28.7 Å². The minimum atomic E-state index is -0.755. The number of para-hydroxylation sites is 1. The summed E-state index contributed by atoms with van der Waals surface area (Å²) in [6, 6.07) is 15.9. The zero-order valence-corrected chi connectivity index (χ0v) is 17.8. The van der Waals surface area contributed by atoms with E-state index >= 15 is 0 Å². The highest BCUT2D eigenvalue weighted by Gasteiger charge is 2.37. The first-order chi connectivity index (χ1) is 15.5. The van der Waals surface area contributed by atoms with Crippen LogP contribution < -0.4 is 10.6 Å². The monoisotopic (exact) mass is 434 g/mol. The van der Waals surface area contributed by atoms with Gasteiger partial charge in [0.25, 0.3) is 0 Å². The minimum absolute atomic E-state index is 0.0184. The molecular formula is C24H26N4O4. The molecule has 2 amide bonds. The van der Waals surface area contributed by atoms with Crippen LogP contribution in [0.25, 0.3) is 10.9 Å². The van der Waals surface area contributed by atoms with Crippen LogP contribution in [0.2, 0.25) is 0 Å². The number of methoxy groups -OCH3 is 1. The van der Waals surface area contributed by atoms with Gasteiger partial charge in [-0.15, -0.1) is 0 Å². The van der Waals surface area contributed by atoms with Gasteiger partial charge in [-0.3, -0.25) is 19.3 Å². The lowest BCUT2D eigenvalue weighted by atomic mass is 10.0. The van der Waals surface area contributed by atoms with Crippen LogP contribution in [0.4, 0.5) is 0 Å². The lowest BCUT2D eigenvalue weighted by Gasteiger charge is -2.36. The molecule has 1 saturated heterocycles. The summed E-state index contributed by atoms with van der Waals surface area (Å²) in [6.45, 7) is 0.598. The number of hydrogen-bond donors (Lipinski definition) is 3. The van der Waals surface area contributed by atoms with E-state index in [-0.39, 0.29) is 24.9 Å². The van der Waals surface area contributed by atoms with Crippen molar-refractivity contribution in [3.05, 3.63) is 71.9 Å². The van der Waals surface area contributed by atoms with E-state index in [4.69, 9.17) is 4.74 Å². The van der Waals surface area contributed by atoms with Gasteiger partial charge in [0.2, 0.25) is 11.8 Å². The second-order valence-corrected chi connectivity index (χ2v) is 7.86. The second kappa shape index (κ2) is 9.65. The van der Waals surface area contributed by atoms with Gasteiger partial charge in [-0.1, -0.05) is 48.5 Å². The zero-order chi connectivity index (χ0) is 22.5. The molecule has 0 aliphatic carbocycles. The van der Waals surface area contributed by atoms with E-state index in [1.807, 2.05) is 60.8 Å². The summed E-state index contributed by atoms with van der Waals surface area (Å²) >= 11 is 0. The Balaban J connectivity index is 1.48. The quantitative estimate of drug-likeness (QED) is 0.488. The van der Waals surface area contributed by atoms with Crippen LogP contribution >= 0.6 is 0 Å². The van der Waals surface area contributed by atoms with Crippen molar-refractivity contribution in [3.8, 4) is 0 Å². The smallest absolute Gasteiger partial charge is 0.323 e. The number of benzene rings is 2. The van der Waals surface area contributed by atoms with Gasteiger partial charge >= 0.3 is 5.97 Å². The first-order valence-corrected chi connectivity index (χ1v) is 10.5. The van der Waals surface area contributed by atoms with Gasteiger partial charge in [-0.2, -0.15) is 0 Å². The first kappa shape index (κ1) is 21.6. The van der Waals surface area contributed by atoms with Crippen molar-refractivity contribution in [1.29, 1.82) is 0 Å². The summed E-state index contributed by atoms with van der Waals surface area (Å²) in [4.78, 5) is 42.7. The molecule has 8 heteroatoms. The molecule has 1 aliphatic rings. The number of esters is 1. The number of hydrogen-bond acceptors (Lipinski definition) is 5. The number of rotatable bonds is 7. The highest BCUT2D eigenvalue weighted by Crippen LogP contribution is 2.22. The summed E-state index contributed by atoms with van der Waals surface area (Å²) in [5.41, 5.74) is 2.89. The fourth-order valence-corrected chi connectivity index (χ4v) is 4.07. The van der Waals surface area contributed by atoms with Crippen LogP contribution in [0, 0.1) is 0 Å². The molecule has 4 rings (SSSR count). The normalized spacial score (nSPS) is 17.5. The molecule has 2 atom stereocenters. The van der Waals surface area contributed by atoms with E-state index in [0.29, 0.717) is 13.0 Å². The number of nitrogens with one attached hydrogen (secondary N) is 3. The molecule has 0 saturated carbocycles. The van der Waals surface area contributed by atoms with Crippen molar-refractivity contribution in [1.82, 2.24) is 20.5 Å². The lowest BCUT2D eigenvalue weighted by molar-refractivity contribution is -0.149. The molecule has 0 unspecified atom stereocenters. The van der Waals surface area contributed by atoms with Crippen LogP contribution in [-0.2, 0) is 32.1 Å². The van der Waals surface area contributed by atoms with E-state index < -0.39 is 18.1 Å². The third kappa shape index (κ3) is 4.81. The average Bonchev–Trinajstić information content (AvgIpc) is 3.23. The number of nitrogens with zero attached hydrogens (tertiary/aromatic N) is 1. The van der Waals surface area contributed by atoms with E-state index in [1.165, 1.54) is 7.11 Å². The van der Waals surface area contributed by atoms with E-state index in [2.05, 4.69) is 15.6 Å². The Hall–Kier alpha value is -3.65. The summed E-state index contributed by atoms with van der Waals surface area (Å²) in [7, 11) is 1.33. The Bertz CT molecular complexity index is 1110. The maximum absolute atomic E-state index is 12.7. The van der Waals surface area contributed by atoms with Gasteiger partial charge in [-0.25, -0.2) is 0 Å². The minimum Gasteiger partial charge on any atom is -0.468 e. The number of ether oxygens (including phenoxy) is 1. The van der Waals surface area contributed by atoms with Gasteiger partial charge < -0.3 is 20.4 Å². The van der Waals surface area contributed by atoms with Gasteiger partial charge in [0.1, 0.15) is 12.1 Å². The Morgan fingerprint density at radius 2 is 1.91 bits per heavy atom. The molecule has 0 spiro atoms. The average molecular weight is 434 g/mol. The van der Waals surface area contributed by atoms with Gasteiger partial charge in [0.15, 0.2) is 0 Å². The molecule has 1 aliphatic heterocycles. The molecule has 3 N–H and O–H groups in total. The van der Waals surface area contributed by atoms with Crippen molar-refractivity contribution in [2.45, 2.75) is 25.0 Å². The van der Waals surface area contributed by atoms with Crippen LogP contribution in [0.1, 0.15) is 11.1 Å². The number of amides is 2. The summed E-state index contributed by atoms with van der Waals surface area (Å²) < 4.78 is 5.04. The van der Waals surface area contributed by atoms with E-state index in [9.17, 15) is 14.4 Å². The topological polar surface area (TPSA) is 104 Å². The Morgan fingerprint density at radius 3 is 2.69 bits per heavy atom. The number of aromatic nitrogens is 1. The Kier molecular flexibility index (Phi) is 6.51. The predicted molar refractivity (Wildman–Crippen MR) is 120 cm³/mol. The predicted octanol–water partition coefficient (Wildman–Crippen LogP) is 1.37. The zero-order valence-electron chi connectivity index (χ0n) is 17.8. The maximum atomic E-state index is 12.7. The van der Waals surface area contributed by atoms with Crippen LogP contribution in [-0.4, -0.2) is 60.0 Å². The molecule has 1 aromatic heterocycles. The lowest BCUT2D eigenvalue weighted by Crippen LogP contribution is -2.63. The molecule has 3 aromatic rings. The largest absolute Gasteiger partial charge is 0.468 e. The molecule has 8 nitrogen and oxygen atoms in total. The SMILES string of the molecule is COC(=O)[C@H](Cc1c[nH]c2ccccc12)N1CC(=O)N[C@H](C(=O)NCc2ccccc2)C1. The van der Waals surface area contributed by atoms with Crippen LogP contribution in [0.15, 0.2) is 60.8 Å². The highest BCUT2D eigenvalue weighted by molar-refractivity contribution is 5.90. The maximum Gasteiger partial charge on any atom is 0.323 e. The summed E-state index contributed by atoms with van der Waals surface area (Å²) in [6.07, 6.45) is 2.23.